The molecule has 0 nitrogen and oxygen atoms in total. The van der Waals surface area contributed by atoms with Crippen LogP contribution in [0.1, 0.15) is 69.2 Å². The molecule has 2 aliphatic rings. The Kier molecular flexibility index (Phi) is 27.7. The van der Waals surface area contributed by atoms with Gasteiger partial charge in [-0.25, -0.2) is 0 Å². The Bertz CT molecular complexity index is 201. The van der Waals surface area contributed by atoms with E-state index >= 15 is 0 Å². The second-order valence-corrected chi connectivity index (χ2v) is 6.25. The third kappa shape index (κ3) is 9.64. The van der Waals surface area contributed by atoms with Gasteiger partial charge in [0.15, 0.2) is 0 Å². The van der Waals surface area contributed by atoms with Gasteiger partial charge < -0.3 is 50.3 Å². The summed E-state index contributed by atoms with van der Waals surface area (Å²) in [7, 11) is 0. The minimum absolute atomic E-state index is 0. The van der Waals surface area contributed by atoms with Crippen LogP contribution in [-0.2, 0) is 89.3 Å². The average Bonchev–Trinajstić information content (AvgIpc) is 2.81. The molecule has 0 aromatic carbocycles. The van der Waals surface area contributed by atoms with Gasteiger partial charge >= 0.3 is 39.0 Å². The molecule has 2 saturated carbocycles. The van der Waals surface area contributed by atoms with E-state index in [0.717, 1.165) is 0 Å². The Balaban J connectivity index is -0.0000000904. The number of rotatable bonds is 0. The number of hydrogen-bond donors (Lipinski definition) is 0. The first-order valence-corrected chi connectivity index (χ1v) is 9.00. The maximum Gasteiger partial charge on any atom is 4.00 e. The van der Waals surface area contributed by atoms with Crippen molar-refractivity contribution in [2.45, 2.75) is 69.2 Å². The standard InChI is InChI=1S/2C10H15.2Ru.S2.2H2S/c2*1-6-7(2)9(4)10(5)8(6)3;;;1-2;;/h2*1-5H3;;;;2*1H2/q;;+2;+4;-2;;/p-2. The van der Waals surface area contributed by atoms with Crippen molar-refractivity contribution in [3.63, 3.8) is 0 Å². The van der Waals surface area contributed by atoms with Crippen LogP contribution in [0.25, 0.3) is 0 Å². The van der Waals surface area contributed by atoms with E-state index in [-0.39, 0.29) is 65.9 Å². The smallest absolute Gasteiger partial charge is 1.00 e. The predicted molar refractivity (Wildman–Crippen MR) is 121 cm³/mol. The summed E-state index contributed by atoms with van der Waals surface area (Å²) in [6, 6.07) is 0. The molecule has 0 aromatic heterocycles. The summed E-state index contributed by atoms with van der Waals surface area (Å²) >= 11 is 7.33. The fraction of sp³-hybridized carbons (Fsp3) is 0.500. The van der Waals surface area contributed by atoms with Crippen LogP contribution in [0, 0.1) is 59.2 Å². The van der Waals surface area contributed by atoms with E-state index in [9.17, 15) is 0 Å². The van der Waals surface area contributed by atoms with Gasteiger partial charge in [0, 0.05) is 0 Å². The van der Waals surface area contributed by atoms with Crippen molar-refractivity contribution in [1.29, 1.82) is 0 Å². The van der Waals surface area contributed by atoms with E-state index < -0.39 is 0 Å². The van der Waals surface area contributed by atoms with Crippen LogP contribution >= 0.6 is 0 Å². The summed E-state index contributed by atoms with van der Waals surface area (Å²) in [6.07, 6.45) is 0. The molecule has 0 atom stereocenters. The largest absolute Gasteiger partial charge is 4.00 e. The van der Waals surface area contributed by atoms with Gasteiger partial charge in [-0.05, 0) is 59.2 Å². The van der Waals surface area contributed by atoms with Crippen LogP contribution in [0.2, 0.25) is 0 Å². The summed E-state index contributed by atoms with van der Waals surface area (Å²) in [5.41, 5.74) is 0. The van der Waals surface area contributed by atoms with Crippen molar-refractivity contribution < 1.29 is 39.0 Å². The molecule has 0 N–H and O–H groups in total. The van der Waals surface area contributed by atoms with Gasteiger partial charge in [0.2, 0.25) is 0 Å². The minimum Gasteiger partial charge on any atom is -1.00 e. The van der Waals surface area contributed by atoms with E-state index in [1.54, 1.807) is 0 Å². The van der Waals surface area contributed by atoms with Crippen LogP contribution < -0.4 is 0 Å². The van der Waals surface area contributed by atoms with Crippen molar-refractivity contribution in [1.82, 2.24) is 0 Å². The van der Waals surface area contributed by atoms with Crippen LogP contribution in [0.3, 0.4) is 0 Å². The summed E-state index contributed by atoms with van der Waals surface area (Å²) in [5.74, 6) is 14.7. The van der Waals surface area contributed by atoms with Gasteiger partial charge in [0.25, 0.3) is 0 Å². The van der Waals surface area contributed by atoms with Gasteiger partial charge in [-0.2, -0.15) is 0 Å². The zero-order valence-corrected chi connectivity index (χ0v) is 24.3. The van der Waals surface area contributed by atoms with E-state index in [4.69, 9.17) is 0 Å². The van der Waals surface area contributed by atoms with E-state index in [0.29, 0.717) is 0 Å². The van der Waals surface area contributed by atoms with Crippen molar-refractivity contribution >= 4 is 50.3 Å². The Hall–Kier alpha value is 2.65. The van der Waals surface area contributed by atoms with Gasteiger partial charge in [-0.15, -0.1) is 0 Å². The molecule has 0 aliphatic heterocycles. The van der Waals surface area contributed by atoms with Gasteiger partial charge in [-0.1, -0.05) is 69.2 Å². The van der Waals surface area contributed by atoms with Crippen molar-refractivity contribution in [2.75, 3.05) is 0 Å². The Morgan fingerprint density at radius 3 is 0.423 bits per heavy atom. The zero-order valence-electron chi connectivity index (χ0n) is 17.4. The van der Waals surface area contributed by atoms with Crippen LogP contribution in [0.5, 0.6) is 0 Å². The average molecular weight is 603 g/mol. The molecule has 150 valence electrons. The molecule has 0 unspecified atom stereocenters. The maximum atomic E-state index is 3.67. The first kappa shape index (κ1) is 39.2. The summed E-state index contributed by atoms with van der Waals surface area (Å²) in [4.78, 5) is 0. The molecule has 0 bridgehead atoms. The fourth-order valence-corrected chi connectivity index (χ4v) is 2.81. The molecule has 6 heteroatoms. The SMILES string of the molecule is C[C]1[C](C)[C](C)[C](C)[C]1C.C[C]1[C](C)[C](C)[C](C)[C]1C.[Ru+2].[Ru+4].[S-][S-].[SH-].[SH-]. The monoisotopic (exact) mass is 604 g/mol. The zero-order chi connectivity index (χ0) is 17.8. The first-order chi connectivity index (χ1) is 10.1. The summed E-state index contributed by atoms with van der Waals surface area (Å²) in [6.45, 7) is 22.0. The number of hydrogen-bond acceptors (Lipinski definition) is 4. The summed E-state index contributed by atoms with van der Waals surface area (Å²) in [5, 5.41) is 0. The van der Waals surface area contributed by atoms with E-state index in [1.807, 2.05) is 0 Å². The van der Waals surface area contributed by atoms with Crippen molar-refractivity contribution in [3.05, 3.63) is 59.2 Å². The maximum absolute atomic E-state index is 3.67. The molecule has 2 aliphatic carbocycles. The van der Waals surface area contributed by atoms with Gasteiger partial charge in [-0.3, -0.25) is 0 Å². The van der Waals surface area contributed by atoms with Crippen molar-refractivity contribution in [3.8, 4) is 0 Å². The molecule has 0 saturated heterocycles. The van der Waals surface area contributed by atoms with Crippen molar-refractivity contribution in [2.24, 2.45) is 0 Å². The predicted octanol–water partition coefficient (Wildman–Crippen LogP) is 5.39. The fourth-order valence-electron chi connectivity index (χ4n) is 2.81. The molecule has 10 radical (unpaired) electrons. The Morgan fingerprint density at radius 1 is 0.346 bits per heavy atom. The third-order valence-electron chi connectivity index (χ3n) is 5.62. The summed E-state index contributed by atoms with van der Waals surface area (Å²) < 4.78 is 0. The van der Waals surface area contributed by atoms with Crippen LogP contribution in [0.15, 0.2) is 0 Å². The molecule has 0 aromatic rings. The quantitative estimate of drug-likeness (QED) is 0.158. The second kappa shape index (κ2) is 18.4. The van der Waals surface area contributed by atoms with Gasteiger partial charge in [0.05, 0.1) is 0 Å². The minimum atomic E-state index is 0. The van der Waals surface area contributed by atoms with E-state index in [2.05, 4.69) is 92.6 Å². The van der Waals surface area contributed by atoms with E-state index in [1.165, 1.54) is 59.2 Å². The Labute approximate surface area is 216 Å². The molecule has 0 heterocycles. The van der Waals surface area contributed by atoms with Crippen LogP contribution in [-0.4, -0.2) is 0 Å². The molecule has 2 rings (SSSR count). The second-order valence-electron chi connectivity index (χ2n) is 6.25. The molecular formula is C20H32Ru2S4+2. The third-order valence-corrected chi connectivity index (χ3v) is 5.62. The molecule has 26 heavy (non-hydrogen) atoms. The number of thiol groups is 2. The van der Waals surface area contributed by atoms with Gasteiger partial charge in [0.1, 0.15) is 0 Å². The molecular weight excluding hydrogens is 571 g/mol. The molecule has 0 amide bonds. The Morgan fingerprint density at radius 2 is 0.385 bits per heavy atom. The normalized spacial score (nSPS) is 22.2. The molecule has 2 fully saturated rings. The first-order valence-electron chi connectivity index (χ1n) is 7.67. The topological polar surface area (TPSA) is 0 Å². The van der Waals surface area contributed by atoms with Crippen LogP contribution in [0.4, 0.5) is 0 Å². The molecule has 0 spiro atoms.